The highest BCUT2D eigenvalue weighted by molar-refractivity contribution is 7.80. The van der Waals surface area contributed by atoms with Gasteiger partial charge in [-0.05, 0) is 89.9 Å². The first-order valence-corrected chi connectivity index (χ1v) is 30.7. The van der Waals surface area contributed by atoms with Crippen molar-refractivity contribution in [3.05, 3.63) is 85.1 Å². The van der Waals surface area contributed by atoms with E-state index in [1.54, 1.807) is 0 Å². The van der Waals surface area contributed by atoms with Crippen LogP contribution in [0.15, 0.2) is 85.1 Å². The maximum Gasteiger partial charge on any atom is 0.397 e. The van der Waals surface area contributed by atoms with Gasteiger partial charge in [-0.25, -0.2) is 4.18 Å². The van der Waals surface area contributed by atoms with Crippen LogP contribution in [0.1, 0.15) is 232 Å². The maximum absolute atomic E-state index is 13.0. The van der Waals surface area contributed by atoms with Crippen LogP contribution in [0.5, 0.6) is 0 Å². The highest BCUT2D eigenvalue weighted by atomic mass is 32.3. The van der Waals surface area contributed by atoms with Crippen molar-refractivity contribution >= 4 is 16.4 Å². The molecule has 0 saturated carbocycles. The topological polar surface area (TPSA) is 178 Å². The van der Waals surface area contributed by atoms with E-state index in [4.69, 9.17) is 18.9 Å². The monoisotopic (exact) mass is 1060 g/mol. The Morgan fingerprint density at radius 2 is 0.932 bits per heavy atom. The third-order valence-electron chi connectivity index (χ3n) is 13.0. The smallest absolute Gasteiger partial charge is 0.397 e. The lowest BCUT2D eigenvalue weighted by atomic mass is 9.99. The van der Waals surface area contributed by atoms with Crippen LogP contribution in [0.2, 0.25) is 0 Å². The fourth-order valence-corrected chi connectivity index (χ4v) is 9.12. The number of aliphatic hydroxyl groups is 3. The van der Waals surface area contributed by atoms with Gasteiger partial charge in [0, 0.05) is 13.0 Å². The van der Waals surface area contributed by atoms with Crippen molar-refractivity contribution in [3.63, 3.8) is 0 Å². The maximum atomic E-state index is 13.0. The molecule has 1 heterocycles. The minimum atomic E-state index is -5.08. The Hall–Kier alpha value is -2.72. The van der Waals surface area contributed by atoms with Crippen molar-refractivity contribution < 1.29 is 56.2 Å². The molecule has 1 rings (SSSR count). The number of rotatable bonds is 51. The summed E-state index contributed by atoms with van der Waals surface area (Å²) in [6.45, 7) is 3.87. The van der Waals surface area contributed by atoms with Gasteiger partial charge in [-0.1, -0.05) is 221 Å². The molecule has 0 aliphatic carbocycles. The lowest BCUT2D eigenvalue weighted by molar-refractivity contribution is -0.301. The second-order valence-electron chi connectivity index (χ2n) is 19.8. The van der Waals surface area contributed by atoms with Gasteiger partial charge in [0.15, 0.2) is 6.29 Å². The Bertz CT molecular complexity index is 1600. The van der Waals surface area contributed by atoms with Gasteiger partial charge in [-0.3, -0.25) is 9.35 Å². The van der Waals surface area contributed by atoms with Gasteiger partial charge >= 0.3 is 16.4 Å². The number of aliphatic hydroxyl groups excluding tert-OH is 3. The minimum Gasteiger partial charge on any atom is -0.457 e. The summed E-state index contributed by atoms with van der Waals surface area (Å²) in [5.74, 6) is -0.423. The van der Waals surface area contributed by atoms with Crippen molar-refractivity contribution in [2.45, 2.75) is 269 Å². The summed E-state index contributed by atoms with van der Waals surface area (Å²) in [7, 11) is -5.08. The van der Waals surface area contributed by atoms with Crippen molar-refractivity contribution in [2.24, 2.45) is 0 Å². The molecule has 4 N–H and O–H groups in total. The number of carbonyl (C=O) groups is 1. The lowest BCUT2D eigenvalue weighted by Crippen LogP contribution is -2.60. The molecule has 6 atom stereocenters. The summed E-state index contributed by atoms with van der Waals surface area (Å²) in [4.78, 5) is 13.0. The number of carbonyl (C=O) groups excluding carboxylic acids is 1. The van der Waals surface area contributed by atoms with E-state index >= 15 is 0 Å². The second-order valence-corrected chi connectivity index (χ2v) is 20.9. The normalized spacial score (nSPS) is 19.4. The van der Waals surface area contributed by atoms with Crippen LogP contribution in [0.4, 0.5) is 0 Å². The first kappa shape index (κ1) is 69.3. The van der Waals surface area contributed by atoms with E-state index in [0.29, 0.717) is 13.0 Å². The van der Waals surface area contributed by atoms with Crippen molar-refractivity contribution in [1.29, 1.82) is 0 Å². The van der Waals surface area contributed by atoms with E-state index in [0.717, 1.165) is 83.5 Å². The van der Waals surface area contributed by atoms with Crippen LogP contribution in [-0.4, -0.2) is 97.5 Å². The number of allylic oxidation sites excluding steroid dienone is 14. The van der Waals surface area contributed by atoms with E-state index in [1.165, 1.54) is 122 Å². The molecular weight excluding hydrogens is 957 g/mol. The average molecular weight is 1060 g/mol. The third-order valence-corrected chi connectivity index (χ3v) is 13.5. The van der Waals surface area contributed by atoms with Gasteiger partial charge in [0.1, 0.15) is 30.5 Å². The summed E-state index contributed by atoms with van der Waals surface area (Å²) in [5.41, 5.74) is 0. The van der Waals surface area contributed by atoms with Crippen LogP contribution < -0.4 is 0 Å². The molecule has 0 aromatic rings. The minimum absolute atomic E-state index is 0.0214. The number of esters is 1. The number of ether oxygens (including phenoxy) is 4. The molecule has 428 valence electrons. The van der Waals surface area contributed by atoms with Crippen molar-refractivity contribution in [2.75, 3.05) is 26.4 Å². The zero-order chi connectivity index (χ0) is 53.8. The number of unbranched alkanes of at least 4 members (excludes halogenated alkanes) is 24. The van der Waals surface area contributed by atoms with Gasteiger partial charge in [-0.15, -0.1) is 0 Å². The fraction of sp³-hybridized carbons (Fsp3) is 0.754. The third kappa shape index (κ3) is 43.4. The van der Waals surface area contributed by atoms with Gasteiger partial charge in [0.25, 0.3) is 0 Å². The van der Waals surface area contributed by atoms with E-state index in [9.17, 15) is 33.1 Å². The Morgan fingerprint density at radius 3 is 1.38 bits per heavy atom. The zero-order valence-corrected chi connectivity index (χ0v) is 47.2. The zero-order valence-electron chi connectivity index (χ0n) is 46.4. The molecule has 1 saturated heterocycles. The predicted octanol–water partition coefficient (Wildman–Crippen LogP) is 14.8. The lowest BCUT2D eigenvalue weighted by Gasteiger charge is -2.41. The molecule has 1 fully saturated rings. The highest BCUT2D eigenvalue weighted by Gasteiger charge is 2.48. The summed E-state index contributed by atoms with van der Waals surface area (Å²) in [6.07, 6.45) is 60.5. The van der Waals surface area contributed by atoms with Crippen LogP contribution in [0, 0.1) is 0 Å². The number of hydrogen-bond acceptors (Lipinski definition) is 11. The standard InChI is InChI=1S/C61H106O12S/c1-3-5-7-9-11-13-15-17-19-21-23-25-27-29-31-33-35-37-39-41-43-45-47-49-51-69-53-55(54-70-61-59(65)60(73-74(66,67)68)58(64)56(52-62)72-61)71-57(63)50-48-46-44-42-40-38-36-34-32-30-28-26-24-22-20-18-16-14-12-10-8-6-4-2/h6,8,12,14,18,20-21,23-24,26,30,32,36,38,55-56,58-62,64-65H,3-5,7,9-11,13,15-17,19,22,25,27-29,31,33-35,37,39-54H2,1-2H3,(H,66,67,68)/b8-6-,14-12-,20-18-,23-21-,26-24-,32-30-,38-36-. The Morgan fingerprint density at radius 1 is 0.527 bits per heavy atom. The second kappa shape index (κ2) is 51.1. The summed E-state index contributed by atoms with van der Waals surface area (Å²) < 4.78 is 59.4. The molecule has 12 nitrogen and oxygen atoms in total. The highest BCUT2D eigenvalue weighted by Crippen LogP contribution is 2.26. The molecule has 0 spiro atoms. The van der Waals surface area contributed by atoms with Crippen molar-refractivity contribution in [3.8, 4) is 0 Å². The van der Waals surface area contributed by atoms with Gasteiger partial charge in [0.05, 0.1) is 19.8 Å². The summed E-state index contributed by atoms with van der Waals surface area (Å²) >= 11 is 0. The molecule has 1 aliphatic heterocycles. The number of hydrogen-bond donors (Lipinski definition) is 4. The van der Waals surface area contributed by atoms with Crippen LogP contribution in [0.3, 0.4) is 0 Å². The fourth-order valence-electron chi connectivity index (χ4n) is 8.61. The van der Waals surface area contributed by atoms with Gasteiger partial charge in [0.2, 0.25) is 0 Å². The molecule has 0 aromatic carbocycles. The van der Waals surface area contributed by atoms with E-state index in [1.807, 2.05) is 0 Å². The van der Waals surface area contributed by atoms with Crippen LogP contribution in [0.25, 0.3) is 0 Å². The van der Waals surface area contributed by atoms with E-state index < -0.39 is 59.8 Å². The first-order valence-electron chi connectivity index (χ1n) is 29.3. The summed E-state index contributed by atoms with van der Waals surface area (Å²) in [5, 5.41) is 30.9. The molecule has 13 heteroatoms. The predicted molar refractivity (Wildman–Crippen MR) is 303 cm³/mol. The molecule has 0 bridgehead atoms. The molecular formula is C61H106O12S. The van der Waals surface area contributed by atoms with E-state index in [2.05, 4.69) is 103 Å². The molecule has 0 radical (unpaired) electrons. The molecule has 0 aromatic heterocycles. The Labute approximate surface area is 451 Å². The molecule has 74 heavy (non-hydrogen) atoms. The largest absolute Gasteiger partial charge is 0.457 e. The van der Waals surface area contributed by atoms with Crippen molar-refractivity contribution in [1.82, 2.24) is 0 Å². The quantitative estimate of drug-likeness (QED) is 0.0196. The van der Waals surface area contributed by atoms with Crippen LogP contribution >= 0.6 is 0 Å². The van der Waals surface area contributed by atoms with Gasteiger partial charge < -0.3 is 34.3 Å². The molecule has 6 unspecified atom stereocenters. The Kier molecular flexibility index (Phi) is 47.8. The SMILES string of the molecule is CC/C=C\C/C=C\C/C=C\C/C=C\C/C=C\C/C=C\CCCCCCC(=O)OC(COCCCCCCCCCCCCCC/C=C\CCCCCCCCCC)COC1OC(CO)C(O)C(OS(=O)(=O)O)C1O. The first-order chi connectivity index (χ1) is 36.1. The van der Waals surface area contributed by atoms with E-state index in [-0.39, 0.29) is 19.6 Å². The Balaban J connectivity index is 2.32. The average Bonchev–Trinajstić information content (AvgIpc) is 3.38. The molecule has 1 aliphatic rings. The molecule has 0 amide bonds. The van der Waals surface area contributed by atoms with Gasteiger partial charge in [-0.2, -0.15) is 8.42 Å². The summed E-state index contributed by atoms with van der Waals surface area (Å²) in [6, 6.07) is 0. The van der Waals surface area contributed by atoms with Crippen LogP contribution in [-0.2, 0) is 38.3 Å².